The number of amides is 1. The standard InChI is InChI=1S/C8H13NO5/c10-4-3-9-7(11)5-1-2-6(14-5)8(12)13/h5-6,10H,1-4H2,(H,9,11)(H,12,13). The van der Waals surface area contributed by atoms with E-state index in [1.54, 1.807) is 0 Å². The number of carbonyl (C=O) groups is 2. The minimum atomic E-state index is -1.04. The van der Waals surface area contributed by atoms with Crippen molar-refractivity contribution in [2.24, 2.45) is 0 Å². The van der Waals surface area contributed by atoms with Crippen LogP contribution < -0.4 is 5.32 Å². The van der Waals surface area contributed by atoms with Gasteiger partial charge in [0, 0.05) is 6.54 Å². The van der Waals surface area contributed by atoms with Gasteiger partial charge in [-0.15, -0.1) is 0 Å². The van der Waals surface area contributed by atoms with Crippen LogP contribution in [0.4, 0.5) is 0 Å². The van der Waals surface area contributed by atoms with Gasteiger partial charge in [-0.05, 0) is 12.8 Å². The summed E-state index contributed by atoms with van der Waals surface area (Å²) in [5.74, 6) is -1.40. The number of carboxylic acid groups (broad SMARTS) is 1. The van der Waals surface area contributed by atoms with Gasteiger partial charge in [0.2, 0.25) is 5.91 Å². The maximum Gasteiger partial charge on any atom is 0.332 e. The van der Waals surface area contributed by atoms with Crippen LogP contribution in [0.3, 0.4) is 0 Å². The maximum absolute atomic E-state index is 11.2. The zero-order valence-electron chi connectivity index (χ0n) is 7.60. The SMILES string of the molecule is O=C(O)C1CCC(C(=O)NCCO)O1. The molecule has 1 rings (SSSR count). The Morgan fingerprint density at radius 1 is 1.36 bits per heavy atom. The topological polar surface area (TPSA) is 95.9 Å². The van der Waals surface area contributed by atoms with Crippen molar-refractivity contribution in [3.05, 3.63) is 0 Å². The monoisotopic (exact) mass is 203 g/mol. The zero-order valence-corrected chi connectivity index (χ0v) is 7.60. The molecule has 1 aliphatic heterocycles. The first-order valence-corrected chi connectivity index (χ1v) is 4.42. The molecule has 0 saturated carbocycles. The Kier molecular flexibility index (Phi) is 3.84. The number of ether oxygens (including phenoxy) is 1. The van der Waals surface area contributed by atoms with Crippen LogP contribution in [0, 0.1) is 0 Å². The molecule has 6 nitrogen and oxygen atoms in total. The van der Waals surface area contributed by atoms with E-state index in [-0.39, 0.29) is 19.1 Å². The minimum absolute atomic E-state index is 0.138. The van der Waals surface area contributed by atoms with Crippen molar-refractivity contribution in [3.8, 4) is 0 Å². The fraction of sp³-hybridized carbons (Fsp3) is 0.750. The molecule has 80 valence electrons. The van der Waals surface area contributed by atoms with Crippen molar-refractivity contribution in [1.29, 1.82) is 0 Å². The Balaban J connectivity index is 2.34. The third-order valence-electron chi connectivity index (χ3n) is 2.00. The summed E-state index contributed by atoms with van der Waals surface area (Å²) < 4.78 is 4.99. The fourth-order valence-electron chi connectivity index (χ4n) is 1.30. The quantitative estimate of drug-likeness (QED) is 0.529. The van der Waals surface area contributed by atoms with E-state index in [1.807, 2.05) is 0 Å². The summed E-state index contributed by atoms with van der Waals surface area (Å²) in [4.78, 5) is 21.7. The molecule has 6 heteroatoms. The predicted octanol–water partition coefficient (Wildman–Crippen LogP) is -1.27. The summed E-state index contributed by atoms with van der Waals surface area (Å²) in [5.41, 5.74) is 0. The van der Waals surface area contributed by atoms with Gasteiger partial charge in [0.15, 0.2) is 6.10 Å². The fourth-order valence-corrected chi connectivity index (χ4v) is 1.30. The van der Waals surface area contributed by atoms with E-state index in [4.69, 9.17) is 14.9 Å². The summed E-state index contributed by atoms with van der Waals surface area (Å²) in [6.45, 7) is 0.0251. The number of hydrogen-bond acceptors (Lipinski definition) is 4. The smallest absolute Gasteiger partial charge is 0.332 e. The molecule has 1 saturated heterocycles. The lowest BCUT2D eigenvalue weighted by atomic mass is 10.2. The lowest BCUT2D eigenvalue weighted by Gasteiger charge is -2.10. The van der Waals surface area contributed by atoms with Gasteiger partial charge in [-0.3, -0.25) is 4.79 Å². The molecule has 1 heterocycles. The summed E-state index contributed by atoms with van der Waals surface area (Å²) in [7, 11) is 0. The molecule has 0 aliphatic carbocycles. The highest BCUT2D eigenvalue weighted by atomic mass is 16.5. The Bertz CT molecular complexity index is 230. The number of aliphatic hydroxyl groups is 1. The van der Waals surface area contributed by atoms with E-state index in [9.17, 15) is 9.59 Å². The normalized spacial score (nSPS) is 26.1. The van der Waals surface area contributed by atoms with Crippen LogP contribution in [0.2, 0.25) is 0 Å². The summed E-state index contributed by atoms with van der Waals surface area (Å²) in [6.07, 6.45) is -0.802. The first-order valence-electron chi connectivity index (χ1n) is 4.42. The highest BCUT2D eigenvalue weighted by molar-refractivity contribution is 5.82. The van der Waals surface area contributed by atoms with Gasteiger partial charge in [0.05, 0.1) is 6.61 Å². The van der Waals surface area contributed by atoms with Crippen molar-refractivity contribution >= 4 is 11.9 Å². The number of aliphatic hydroxyl groups excluding tert-OH is 1. The van der Waals surface area contributed by atoms with Crippen LogP contribution in [-0.4, -0.2) is 47.4 Å². The van der Waals surface area contributed by atoms with E-state index in [0.717, 1.165) is 0 Å². The molecule has 0 aromatic rings. The number of carbonyl (C=O) groups excluding carboxylic acids is 1. The number of rotatable bonds is 4. The molecule has 2 unspecified atom stereocenters. The minimum Gasteiger partial charge on any atom is -0.479 e. The van der Waals surface area contributed by atoms with Crippen LogP contribution in [0.5, 0.6) is 0 Å². The summed E-state index contributed by atoms with van der Waals surface area (Å²) >= 11 is 0. The summed E-state index contributed by atoms with van der Waals surface area (Å²) in [5, 5.41) is 19.5. The lowest BCUT2D eigenvalue weighted by Crippen LogP contribution is -2.36. The van der Waals surface area contributed by atoms with Crippen LogP contribution in [0.15, 0.2) is 0 Å². The molecule has 1 amide bonds. The second-order valence-corrected chi connectivity index (χ2v) is 3.04. The molecule has 14 heavy (non-hydrogen) atoms. The van der Waals surface area contributed by atoms with Crippen LogP contribution in [0.25, 0.3) is 0 Å². The van der Waals surface area contributed by atoms with E-state index >= 15 is 0 Å². The van der Waals surface area contributed by atoms with Crippen molar-refractivity contribution in [1.82, 2.24) is 5.32 Å². The van der Waals surface area contributed by atoms with Crippen molar-refractivity contribution in [3.63, 3.8) is 0 Å². The molecule has 0 spiro atoms. The van der Waals surface area contributed by atoms with Gasteiger partial charge in [0.25, 0.3) is 0 Å². The number of nitrogens with one attached hydrogen (secondary N) is 1. The van der Waals surface area contributed by atoms with Gasteiger partial charge in [-0.25, -0.2) is 4.79 Å². The lowest BCUT2D eigenvalue weighted by molar-refractivity contribution is -0.151. The van der Waals surface area contributed by atoms with Crippen molar-refractivity contribution in [2.45, 2.75) is 25.0 Å². The Hall–Kier alpha value is -1.14. The first-order chi connectivity index (χ1) is 6.65. The van der Waals surface area contributed by atoms with Crippen molar-refractivity contribution in [2.75, 3.05) is 13.2 Å². The molecule has 2 atom stereocenters. The number of hydrogen-bond donors (Lipinski definition) is 3. The average Bonchev–Trinajstić information content (AvgIpc) is 2.62. The Labute approximate surface area is 80.9 Å². The largest absolute Gasteiger partial charge is 0.479 e. The second-order valence-electron chi connectivity index (χ2n) is 3.04. The summed E-state index contributed by atoms with van der Waals surface area (Å²) in [6, 6.07) is 0. The molecular formula is C8H13NO5. The molecule has 1 aliphatic rings. The van der Waals surface area contributed by atoms with Crippen LogP contribution in [0.1, 0.15) is 12.8 Å². The number of aliphatic carboxylic acids is 1. The zero-order chi connectivity index (χ0) is 10.6. The van der Waals surface area contributed by atoms with Crippen LogP contribution in [-0.2, 0) is 14.3 Å². The molecule has 1 fully saturated rings. The van der Waals surface area contributed by atoms with Gasteiger partial charge in [-0.1, -0.05) is 0 Å². The van der Waals surface area contributed by atoms with E-state index in [2.05, 4.69) is 5.32 Å². The Morgan fingerprint density at radius 3 is 2.50 bits per heavy atom. The van der Waals surface area contributed by atoms with E-state index in [0.29, 0.717) is 12.8 Å². The second kappa shape index (κ2) is 4.92. The predicted molar refractivity (Wildman–Crippen MR) is 45.6 cm³/mol. The third kappa shape index (κ3) is 2.68. The highest BCUT2D eigenvalue weighted by Crippen LogP contribution is 2.19. The third-order valence-corrected chi connectivity index (χ3v) is 2.00. The first kappa shape index (κ1) is 10.9. The highest BCUT2D eigenvalue weighted by Gasteiger charge is 2.34. The van der Waals surface area contributed by atoms with E-state index < -0.39 is 18.2 Å². The molecular weight excluding hydrogens is 190 g/mol. The number of carboxylic acids is 1. The maximum atomic E-state index is 11.2. The molecule has 0 aromatic carbocycles. The van der Waals surface area contributed by atoms with Gasteiger partial charge in [-0.2, -0.15) is 0 Å². The van der Waals surface area contributed by atoms with Crippen molar-refractivity contribution < 1.29 is 24.5 Å². The van der Waals surface area contributed by atoms with Gasteiger partial charge >= 0.3 is 5.97 Å². The molecule has 3 N–H and O–H groups in total. The molecule has 0 aromatic heterocycles. The molecule has 0 bridgehead atoms. The van der Waals surface area contributed by atoms with Gasteiger partial charge in [0.1, 0.15) is 6.10 Å². The van der Waals surface area contributed by atoms with Crippen LogP contribution >= 0.6 is 0 Å². The Morgan fingerprint density at radius 2 is 2.00 bits per heavy atom. The molecule has 0 radical (unpaired) electrons. The van der Waals surface area contributed by atoms with Gasteiger partial charge < -0.3 is 20.3 Å². The van der Waals surface area contributed by atoms with E-state index in [1.165, 1.54) is 0 Å². The average molecular weight is 203 g/mol.